The summed E-state index contributed by atoms with van der Waals surface area (Å²) in [6.07, 6.45) is 0.332. The van der Waals surface area contributed by atoms with Crippen LogP contribution < -0.4 is 11.1 Å². The number of methoxy groups -OCH3 is 1. The third kappa shape index (κ3) is 4.87. The van der Waals surface area contributed by atoms with E-state index in [-0.39, 0.29) is 11.4 Å². The molecule has 0 heterocycles. The summed E-state index contributed by atoms with van der Waals surface area (Å²) in [5.74, 6) is -0.0300. The number of ether oxygens (including phenoxy) is 1. The second-order valence-electron chi connectivity index (χ2n) is 4.79. The number of carbonyl (C=O) groups is 1. The van der Waals surface area contributed by atoms with Crippen LogP contribution >= 0.6 is 0 Å². The van der Waals surface area contributed by atoms with Crippen molar-refractivity contribution < 1.29 is 9.53 Å². The van der Waals surface area contributed by atoms with Gasteiger partial charge in [0.1, 0.15) is 0 Å². The molecule has 4 heteroatoms. The smallest absolute Gasteiger partial charge is 0.224 e. The van der Waals surface area contributed by atoms with E-state index in [1.807, 2.05) is 32.0 Å². The Morgan fingerprint density at radius 2 is 2.18 bits per heavy atom. The van der Waals surface area contributed by atoms with Crippen molar-refractivity contribution in [3.05, 3.63) is 29.8 Å². The van der Waals surface area contributed by atoms with Gasteiger partial charge < -0.3 is 15.8 Å². The van der Waals surface area contributed by atoms with Gasteiger partial charge in [-0.2, -0.15) is 0 Å². The van der Waals surface area contributed by atoms with Crippen LogP contribution in [0.15, 0.2) is 24.3 Å². The van der Waals surface area contributed by atoms with Crippen molar-refractivity contribution in [3.8, 4) is 0 Å². The molecule has 1 aromatic rings. The van der Waals surface area contributed by atoms with Crippen molar-refractivity contribution >= 4 is 11.6 Å². The second kappa shape index (κ2) is 5.68. The Kier molecular flexibility index (Phi) is 4.52. The molecule has 1 amide bonds. The Balaban J connectivity index is 2.55. The molecular formula is C13H20N2O2. The number of hydrogen-bond acceptors (Lipinski definition) is 3. The Labute approximate surface area is 102 Å². The predicted octanol–water partition coefficient (Wildman–Crippen LogP) is 1.35. The molecule has 0 fully saturated rings. The van der Waals surface area contributed by atoms with Crippen molar-refractivity contribution in [3.63, 3.8) is 0 Å². The van der Waals surface area contributed by atoms with Crippen LogP contribution in [0.2, 0.25) is 0 Å². The molecule has 0 atom stereocenters. The fraction of sp³-hybridized carbons (Fsp3) is 0.462. The average molecular weight is 236 g/mol. The summed E-state index contributed by atoms with van der Waals surface area (Å²) in [5.41, 5.74) is 6.89. The van der Waals surface area contributed by atoms with Crippen molar-refractivity contribution in [2.45, 2.75) is 25.8 Å². The molecule has 0 aliphatic heterocycles. The highest BCUT2D eigenvalue weighted by atomic mass is 16.5. The van der Waals surface area contributed by atoms with Gasteiger partial charge >= 0.3 is 0 Å². The number of nitrogens with two attached hydrogens (primary N) is 1. The molecule has 0 aromatic heterocycles. The van der Waals surface area contributed by atoms with Crippen molar-refractivity contribution in [1.29, 1.82) is 0 Å². The molecule has 0 bridgehead atoms. The zero-order chi connectivity index (χ0) is 12.9. The summed E-state index contributed by atoms with van der Waals surface area (Å²) in [7, 11) is 1.62. The van der Waals surface area contributed by atoms with E-state index in [1.165, 1.54) is 0 Å². The Bertz CT molecular complexity index is 389. The van der Waals surface area contributed by atoms with E-state index in [1.54, 1.807) is 13.2 Å². The van der Waals surface area contributed by atoms with Gasteiger partial charge in [-0.25, -0.2) is 0 Å². The molecular weight excluding hydrogens is 216 g/mol. The van der Waals surface area contributed by atoms with Crippen LogP contribution in [0.1, 0.15) is 19.4 Å². The van der Waals surface area contributed by atoms with Crippen LogP contribution in [0, 0.1) is 0 Å². The van der Waals surface area contributed by atoms with Gasteiger partial charge in [-0.1, -0.05) is 12.1 Å². The van der Waals surface area contributed by atoms with E-state index >= 15 is 0 Å². The molecule has 0 unspecified atom stereocenters. The number of rotatable bonds is 5. The van der Waals surface area contributed by atoms with Gasteiger partial charge in [-0.15, -0.1) is 0 Å². The van der Waals surface area contributed by atoms with Crippen LogP contribution in [-0.4, -0.2) is 25.2 Å². The maximum Gasteiger partial charge on any atom is 0.224 e. The molecule has 0 saturated heterocycles. The van der Waals surface area contributed by atoms with Gasteiger partial charge in [-0.3, -0.25) is 4.79 Å². The lowest BCUT2D eigenvalue weighted by atomic mass is 10.1. The van der Waals surface area contributed by atoms with E-state index in [4.69, 9.17) is 10.5 Å². The molecule has 0 aliphatic carbocycles. The number of carbonyl (C=O) groups excluding carboxylic acids is 1. The van der Waals surface area contributed by atoms with Gasteiger partial charge in [0.15, 0.2) is 0 Å². The lowest BCUT2D eigenvalue weighted by molar-refractivity contribution is -0.122. The molecule has 1 aromatic carbocycles. The summed E-state index contributed by atoms with van der Waals surface area (Å²) in [6.45, 7) is 4.33. The molecule has 3 N–H and O–H groups in total. The Hall–Kier alpha value is -1.55. The minimum Gasteiger partial charge on any atom is -0.399 e. The summed E-state index contributed by atoms with van der Waals surface area (Å²) >= 11 is 0. The SMILES string of the molecule is COCC(C)(C)NC(=O)Cc1cccc(N)c1. The first-order chi connectivity index (χ1) is 7.93. The molecule has 0 radical (unpaired) electrons. The highest BCUT2D eigenvalue weighted by Crippen LogP contribution is 2.08. The summed E-state index contributed by atoms with van der Waals surface area (Å²) < 4.78 is 5.04. The van der Waals surface area contributed by atoms with Crippen LogP contribution in [0.5, 0.6) is 0 Å². The maximum absolute atomic E-state index is 11.8. The zero-order valence-electron chi connectivity index (χ0n) is 10.6. The highest BCUT2D eigenvalue weighted by molar-refractivity contribution is 5.79. The number of benzene rings is 1. The van der Waals surface area contributed by atoms with E-state index in [9.17, 15) is 4.79 Å². The minimum absolute atomic E-state index is 0.0300. The summed E-state index contributed by atoms with van der Waals surface area (Å²) in [5, 5.41) is 2.92. The first kappa shape index (κ1) is 13.5. The van der Waals surface area contributed by atoms with Gasteiger partial charge in [0.25, 0.3) is 0 Å². The minimum atomic E-state index is -0.355. The monoisotopic (exact) mass is 236 g/mol. The van der Waals surface area contributed by atoms with E-state index in [0.29, 0.717) is 18.7 Å². The van der Waals surface area contributed by atoms with E-state index in [2.05, 4.69) is 5.32 Å². The molecule has 17 heavy (non-hydrogen) atoms. The summed E-state index contributed by atoms with van der Waals surface area (Å²) in [4.78, 5) is 11.8. The zero-order valence-corrected chi connectivity index (χ0v) is 10.6. The number of amides is 1. The van der Waals surface area contributed by atoms with Gasteiger partial charge in [-0.05, 0) is 31.5 Å². The Morgan fingerprint density at radius 3 is 2.76 bits per heavy atom. The van der Waals surface area contributed by atoms with Crippen LogP contribution in [0.4, 0.5) is 5.69 Å². The van der Waals surface area contributed by atoms with Gasteiger partial charge in [0, 0.05) is 12.8 Å². The largest absolute Gasteiger partial charge is 0.399 e. The molecule has 0 saturated carbocycles. The van der Waals surface area contributed by atoms with E-state index in [0.717, 1.165) is 5.56 Å². The number of nitrogens with one attached hydrogen (secondary N) is 1. The second-order valence-corrected chi connectivity index (χ2v) is 4.79. The maximum atomic E-state index is 11.8. The van der Waals surface area contributed by atoms with Crippen LogP contribution in [0.3, 0.4) is 0 Å². The van der Waals surface area contributed by atoms with Crippen LogP contribution in [0.25, 0.3) is 0 Å². The molecule has 4 nitrogen and oxygen atoms in total. The average Bonchev–Trinajstić information content (AvgIpc) is 2.15. The number of nitrogen functional groups attached to an aromatic ring is 1. The number of anilines is 1. The Morgan fingerprint density at radius 1 is 1.47 bits per heavy atom. The summed E-state index contributed by atoms with van der Waals surface area (Å²) in [6, 6.07) is 7.34. The number of hydrogen-bond donors (Lipinski definition) is 2. The molecule has 1 rings (SSSR count). The van der Waals surface area contributed by atoms with Crippen molar-refractivity contribution in [2.75, 3.05) is 19.5 Å². The first-order valence-corrected chi connectivity index (χ1v) is 5.57. The van der Waals surface area contributed by atoms with Crippen molar-refractivity contribution in [1.82, 2.24) is 5.32 Å². The lowest BCUT2D eigenvalue weighted by Crippen LogP contribution is -2.47. The molecule has 0 aliphatic rings. The first-order valence-electron chi connectivity index (χ1n) is 5.57. The van der Waals surface area contributed by atoms with Gasteiger partial charge in [0.2, 0.25) is 5.91 Å². The van der Waals surface area contributed by atoms with Crippen molar-refractivity contribution in [2.24, 2.45) is 0 Å². The normalized spacial score (nSPS) is 11.2. The standard InChI is InChI=1S/C13H20N2O2/c1-13(2,9-17-3)15-12(16)8-10-5-4-6-11(14)7-10/h4-7H,8-9,14H2,1-3H3,(H,15,16). The third-order valence-electron chi connectivity index (χ3n) is 2.30. The highest BCUT2D eigenvalue weighted by Gasteiger charge is 2.19. The quantitative estimate of drug-likeness (QED) is 0.758. The fourth-order valence-corrected chi connectivity index (χ4v) is 1.71. The van der Waals surface area contributed by atoms with Crippen LogP contribution in [-0.2, 0) is 16.0 Å². The molecule has 0 spiro atoms. The predicted molar refractivity (Wildman–Crippen MR) is 68.7 cm³/mol. The molecule has 94 valence electrons. The fourth-order valence-electron chi connectivity index (χ4n) is 1.71. The van der Waals surface area contributed by atoms with Gasteiger partial charge in [0.05, 0.1) is 18.6 Å². The lowest BCUT2D eigenvalue weighted by Gasteiger charge is -2.25. The third-order valence-corrected chi connectivity index (χ3v) is 2.30. The topological polar surface area (TPSA) is 64.3 Å². The van der Waals surface area contributed by atoms with E-state index < -0.39 is 0 Å².